The Kier molecular flexibility index (Phi) is 12.9. The first-order chi connectivity index (χ1) is 10.3. The normalized spacial score (nSPS) is 21.1. The molecule has 0 aromatic carbocycles. The van der Waals surface area contributed by atoms with Crippen molar-refractivity contribution in [1.82, 2.24) is 5.32 Å². The Morgan fingerprint density at radius 2 is 2.00 bits per heavy atom. The van der Waals surface area contributed by atoms with Gasteiger partial charge in [-0.1, -0.05) is 43.1 Å². The maximum absolute atomic E-state index is 11.9. The molecule has 7 nitrogen and oxygen atoms in total. The Morgan fingerprint density at radius 1 is 1.43 bits per heavy atom. The van der Waals surface area contributed by atoms with E-state index in [1.165, 1.54) is 0 Å². The van der Waals surface area contributed by atoms with Crippen LogP contribution in [0.1, 0.15) is 46.5 Å². The summed E-state index contributed by atoms with van der Waals surface area (Å²) in [6.45, 7) is 5.62. The quantitative estimate of drug-likeness (QED) is 0.305. The fourth-order valence-corrected chi connectivity index (χ4v) is 2.72. The molecular formula is C14H22BrN2NaO5. The summed E-state index contributed by atoms with van der Waals surface area (Å²) in [7, 11) is 0. The van der Waals surface area contributed by atoms with Crippen molar-refractivity contribution in [2.45, 2.75) is 46.5 Å². The molecule has 9 heteroatoms. The van der Waals surface area contributed by atoms with Gasteiger partial charge in [-0.3, -0.25) is 14.4 Å². The van der Waals surface area contributed by atoms with Crippen LogP contribution in [-0.4, -0.2) is 34.2 Å². The van der Waals surface area contributed by atoms with Gasteiger partial charge >= 0.3 is 35.5 Å². The first-order valence-electron chi connectivity index (χ1n) is 7.15. The number of carboxylic acid groups (broad SMARTS) is 1. The Hall–Kier alpha value is -0.440. The zero-order valence-electron chi connectivity index (χ0n) is 14.0. The van der Waals surface area contributed by atoms with Gasteiger partial charge < -0.3 is 15.5 Å². The second-order valence-corrected chi connectivity index (χ2v) is 5.82. The molecular weight excluding hydrogens is 379 g/mol. The monoisotopic (exact) mass is 400 g/mol. The molecule has 0 bridgehead atoms. The van der Waals surface area contributed by atoms with Crippen molar-refractivity contribution >= 4 is 39.7 Å². The van der Waals surface area contributed by atoms with Crippen LogP contribution < -0.4 is 40.0 Å². The molecule has 0 radical (unpaired) electrons. The number of carboxylic acids is 1. The van der Waals surface area contributed by atoms with E-state index < -0.39 is 29.2 Å². The van der Waals surface area contributed by atoms with Crippen LogP contribution >= 0.6 is 15.9 Å². The van der Waals surface area contributed by atoms with Gasteiger partial charge in [0.2, 0.25) is 5.91 Å². The minimum atomic E-state index is -1.15. The fraction of sp³-hybridized carbons (Fsp3) is 0.714. The van der Waals surface area contributed by atoms with Crippen LogP contribution in [0.3, 0.4) is 0 Å². The molecule has 1 heterocycles. The van der Waals surface area contributed by atoms with E-state index in [0.717, 1.165) is 12.8 Å². The molecule has 1 aliphatic rings. The van der Waals surface area contributed by atoms with Gasteiger partial charge in [-0.2, -0.15) is 0 Å². The third-order valence-corrected chi connectivity index (χ3v) is 4.04. The van der Waals surface area contributed by atoms with E-state index in [0.29, 0.717) is 11.8 Å². The largest absolute Gasteiger partial charge is 1.00 e. The van der Waals surface area contributed by atoms with Gasteiger partial charge in [0.05, 0.1) is 12.4 Å². The van der Waals surface area contributed by atoms with E-state index in [4.69, 9.17) is 5.11 Å². The second-order valence-electron chi connectivity index (χ2n) is 5.02. The number of hydrogen-bond donors (Lipinski definition) is 2. The SMILES string of the molecule is CCCC(C)C1(CC)C(=O)N=C([O-])NC1=O.O=C(O)CCBr.[Na+]. The zero-order valence-corrected chi connectivity index (χ0v) is 17.6. The van der Waals surface area contributed by atoms with Gasteiger partial charge in [-0.15, -0.1) is 0 Å². The Labute approximate surface area is 166 Å². The number of carbonyl (C=O) groups excluding carboxylic acids is 2. The molecule has 2 amide bonds. The Balaban J connectivity index is 0. The molecule has 1 rings (SSSR count). The number of aliphatic carboxylic acids is 1. The third kappa shape index (κ3) is 6.91. The van der Waals surface area contributed by atoms with E-state index >= 15 is 0 Å². The van der Waals surface area contributed by atoms with Crippen molar-refractivity contribution in [3.8, 4) is 0 Å². The van der Waals surface area contributed by atoms with Gasteiger partial charge in [0, 0.05) is 5.33 Å². The molecule has 0 saturated heterocycles. The van der Waals surface area contributed by atoms with Crippen molar-refractivity contribution in [3.63, 3.8) is 0 Å². The number of amides is 2. The summed E-state index contributed by atoms with van der Waals surface area (Å²) in [5, 5.41) is 21.5. The predicted molar refractivity (Wildman–Crippen MR) is 83.4 cm³/mol. The number of amidine groups is 1. The Morgan fingerprint density at radius 3 is 2.30 bits per heavy atom. The summed E-state index contributed by atoms with van der Waals surface area (Å²) in [6.07, 6.45) is 2.23. The van der Waals surface area contributed by atoms with Gasteiger partial charge in [-0.05, 0) is 18.8 Å². The molecule has 2 unspecified atom stereocenters. The van der Waals surface area contributed by atoms with Crippen molar-refractivity contribution in [2.24, 2.45) is 16.3 Å². The molecule has 0 saturated carbocycles. The summed E-state index contributed by atoms with van der Waals surface area (Å²) in [4.78, 5) is 36.6. The van der Waals surface area contributed by atoms with Crippen LogP contribution in [0, 0.1) is 11.3 Å². The molecule has 23 heavy (non-hydrogen) atoms. The number of nitrogens with zero attached hydrogens (tertiary/aromatic N) is 1. The summed E-state index contributed by atoms with van der Waals surface area (Å²) in [5.74, 6) is -1.95. The molecule has 2 N–H and O–H groups in total. The fourth-order valence-electron chi connectivity index (χ4n) is 2.38. The average Bonchev–Trinajstić information content (AvgIpc) is 2.39. The van der Waals surface area contributed by atoms with E-state index in [9.17, 15) is 19.5 Å². The van der Waals surface area contributed by atoms with Crippen LogP contribution in [0.4, 0.5) is 0 Å². The van der Waals surface area contributed by atoms with Crippen LogP contribution in [-0.2, 0) is 14.4 Å². The summed E-state index contributed by atoms with van der Waals surface area (Å²) < 4.78 is 0. The number of rotatable bonds is 6. The van der Waals surface area contributed by atoms with E-state index in [1.807, 2.05) is 13.8 Å². The van der Waals surface area contributed by atoms with Crippen LogP contribution in [0.5, 0.6) is 0 Å². The van der Waals surface area contributed by atoms with Gasteiger partial charge in [0.25, 0.3) is 5.91 Å². The number of alkyl halides is 1. The first-order valence-corrected chi connectivity index (χ1v) is 8.27. The summed E-state index contributed by atoms with van der Waals surface area (Å²) in [5.41, 5.74) is -1.15. The summed E-state index contributed by atoms with van der Waals surface area (Å²) in [6, 6.07) is -0.845. The maximum Gasteiger partial charge on any atom is 1.00 e. The van der Waals surface area contributed by atoms with Crippen LogP contribution in [0.15, 0.2) is 4.99 Å². The number of nitrogens with one attached hydrogen (secondary N) is 1. The van der Waals surface area contributed by atoms with Gasteiger partial charge in [-0.25, -0.2) is 4.99 Å². The predicted octanol–water partition coefficient (Wildman–Crippen LogP) is -1.95. The zero-order chi connectivity index (χ0) is 17.3. The van der Waals surface area contributed by atoms with E-state index in [-0.39, 0.29) is 41.9 Å². The van der Waals surface area contributed by atoms with Crippen LogP contribution in [0.25, 0.3) is 0 Å². The van der Waals surface area contributed by atoms with Crippen LogP contribution in [0.2, 0.25) is 0 Å². The van der Waals surface area contributed by atoms with Crippen molar-refractivity contribution in [1.29, 1.82) is 0 Å². The first kappa shape index (κ1) is 24.8. The number of aliphatic imine (C=N–C) groups is 1. The van der Waals surface area contributed by atoms with E-state index in [1.54, 1.807) is 6.92 Å². The average molecular weight is 401 g/mol. The second kappa shape index (κ2) is 12.0. The minimum absolute atomic E-state index is 0. The topological polar surface area (TPSA) is 119 Å². The van der Waals surface area contributed by atoms with Crippen molar-refractivity contribution < 1.29 is 54.2 Å². The molecule has 0 spiro atoms. The molecule has 126 valence electrons. The van der Waals surface area contributed by atoms with E-state index in [2.05, 4.69) is 26.2 Å². The standard InChI is InChI=1S/C11H18N2O3.C3H5BrO2.Na/c1-4-6-7(3)11(5-2)8(14)12-10(16)13-9(11)15;4-2-1-3(5)6;/h7H,4-6H2,1-3H3,(H2,12,13,14,15,16);1-2H2,(H,5,6);/q;;+1/p-1. The molecule has 0 aromatic heterocycles. The Bertz CT molecular complexity index is 458. The van der Waals surface area contributed by atoms with Crippen molar-refractivity contribution in [3.05, 3.63) is 0 Å². The van der Waals surface area contributed by atoms with Gasteiger partial charge in [0.15, 0.2) is 0 Å². The molecule has 0 fully saturated rings. The van der Waals surface area contributed by atoms with Crippen molar-refractivity contribution in [2.75, 3.05) is 5.33 Å². The molecule has 0 aliphatic carbocycles. The molecule has 1 aliphatic heterocycles. The number of carbonyl (C=O) groups is 3. The number of halogens is 1. The molecule has 2 atom stereocenters. The third-order valence-electron chi connectivity index (χ3n) is 3.64. The van der Waals surface area contributed by atoms with Gasteiger partial charge in [0.1, 0.15) is 5.41 Å². The summed E-state index contributed by atoms with van der Waals surface area (Å²) >= 11 is 2.97. The molecule has 0 aromatic rings. The maximum atomic E-state index is 11.9. The smallest absolute Gasteiger partial charge is 0.846 e. The number of hydrogen-bond acceptors (Lipinski definition) is 4. The minimum Gasteiger partial charge on any atom is -0.846 e.